The van der Waals surface area contributed by atoms with Crippen molar-refractivity contribution >= 4 is 23.7 Å². The third-order valence-electron chi connectivity index (χ3n) is 4.45. The topological polar surface area (TPSA) is 161 Å². The van der Waals surface area contributed by atoms with E-state index >= 15 is 0 Å². The number of carboxylic acids is 2. The van der Waals surface area contributed by atoms with Gasteiger partial charge in [0.05, 0.1) is 16.1 Å². The maximum Gasteiger partial charge on any atom is 0.407 e. The zero-order valence-electron chi connectivity index (χ0n) is 18.0. The van der Waals surface area contributed by atoms with Crippen molar-refractivity contribution in [3.63, 3.8) is 0 Å². The molecule has 1 aromatic heterocycles. The van der Waals surface area contributed by atoms with Crippen molar-refractivity contribution in [2.45, 2.75) is 45.8 Å². The van der Waals surface area contributed by atoms with E-state index in [9.17, 15) is 34.7 Å². The van der Waals surface area contributed by atoms with Gasteiger partial charge in [0.25, 0.3) is 5.69 Å². The molecule has 1 amide bonds. The van der Waals surface area contributed by atoms with Gasteiger partial charge in [-0.3, -0.25) is 10.1 Å². The average molecular weight is 447 g/mol. The van der Waals surface area contributed by atoms with Crippen molar-refractivity contribution in [3.05, 3.63) is 63.0 Å². The number of aromatic carboxylic acids is 2. The van der Waals surface area contributed by atoms with Gasteiger partial charge in [0.2, 0.25) is 0 Å². The van der Waals surface area contributed by atoms with Gasteiger partial charge in [0.15, 0.2) is 0 Å². The van der Waals surface area contributed by atoms with Crippen molar-refractivity contribution in [2.75, 3.05) is 6.54 Å². The minimum absolute atomic E-state index is 0.0375. The van der Waals surface area contributed by atoms with Crippen LogP contribution in [0.3, 0.4) is 0 Å². The first-order valence-corrected chi connectivity index (χ1v) is 9.78. The molecule has 0 atom stereocenters. The fraction of sp³-hybridized carbons (Fsp3) is 0.381. The minimum atomic E-state index is -1.39. The number of nitrogens with one attached hydrogen (secondary N) is 1. The Kier molecular flexibility index (Phi) is 7.58. The van der Waals surface area contributed by atoms with E-state index in [1.807, 2.05) is 0 Å². The van der Waals surface area contributed by atoms with Gasteiger partial charge in [-0.25, -0.2) is 14.4 Å². The van der Waals surface area contributed by atoms with Crippen LogP contribution in [0, 0.1) is 10.1 Å². The van der Waals surface area contributed by atoms with Crippen LogP contribution < -0.4 is 5.32 Å². The Labute approximate surface area is 183 Å². The van der Waals surface area contributed by atoms with Crippen LogP contribution in [-0.4, -0.2) is 49.9 Å². The molecule has 172 valence electrons. The number of rotatable bonds is 9. The van der Waals surface area contributed by atoms with E-state index in [1.165, 1.54) is 22.9 Å². The number of carbonyl (C=O) groups excluding carboxylic acids is 1. The number of amides is 1. The number of non-ortho nitro benzene ring substituents is 1. The van der Waals surface area contributed by atoms with Crippen molar-refractivity contribution in [2.24, 2.45) is 0 Å². The molecular weight excluding hydrogens is 422 g/mol. The first kappa shape index (κ1) is 24.4. The van der Waals surface area contributed by atoms with Gasteiger partial charge in [-0.15, -0.1) is 0 Å². The van der Waals surface area contributed by atoms with Gasteiger partial charge in [-0.05, 0) is 32.8 Å². The van der Waals surface area contributed by atoms with Crippen molar-refractivity contribution < 1.29 is 34.3 Å². The normalized spacial score (nSPS) is 11.1. The molecule has 2 rings (SSSR count). The lowest BCUT2D eigenvalue weighted by atomic mass is 10.1. The monoisotopic (exact) mass is 447 g/mol. The van der Waals surface area contributed by atoms with E-state index in [4.69, 9.17) is 4.74 Å². The molecule has 11 nitrogen and oxygen atoms in total. The predicted octanol–water partition coefficient (Wildman–Crippen LogP) is 3.10. The molecule has 32 heavy (non-hydrogen) atoms. The van der Waals surface area contributed by atoms with E-state index in [0.29, 0.717) is 6.42 Å². The molecule has 0 radical (unpaired) electrons. The average Bonchev–Trinajstić information content (AvgIpc) is 3.04. The number of nitro groups is 1. The highest BCUT2D eigenvalue weighted by molar-refractivity contribution is 6.02. The molecule has 0 aliphatic rings. The number of carboxylic acid groups (broad SMARTS) is 2. The van der Waals surface area contributed by atoms with Crippen LogP contribution in [0.25, 0.3) is 0 Å². The summed E-state index contributed by atoms with van der Waals surface area (Å²) in [4.78, 5) is 45.5. The Morgan fingerprint density at radius 3 is 2.22 bits per heavy atom. The smallest absolute Gasteiger partial charge is 0.407 e. The Hall–Kier alpha value is -3.89. The Morgan fingerprint density at radius 2 is 1.72 bits per heavy atom. The number of nitrogens with zero attached hydrogens (tertiary/aromatic N) is 2. The first-order valence-electron chi connectivity index (χ1n) is 9.78. The van der Waals surface area contributed by atoms with Crippen LogP contribution in [0.2, 0.25) is 0 Å². The molecule has 1 aromatic carbocycles. The number of benzene rings is 1. The molecular formula is C21H25N3O8. The molecule has 0 saturated carbocycles. The predicted molar refractivity (Wildman–Crippen MR) is 113 cm³/mol. The summed E-state index contributed by atoms with van der Waals surface area (Å²) in [5, 5.41) is 32.3. The van der Waals surface area contributed by atoms with Crippen LogP contribution >= 0.6 is 0 Å². The zero-order chi connectivity index (χ0) is 24.1. The van der Waals surface area contributed by atoms with Crippen LogP contribution in [-0.2, 0) is 24.1 Å². The molecule has 0 spiro atoms. The Morgan fingerprint density at radius 1 is 1.09 bits per heavy atom. The minimum Gasteiger partial charge on any atom is -0.478 e. The second-order valence-electron chi connectivity index (χ2n) is 8.02. The molecule has 0 aliphatic carbocycles. The van der Waals surface area contributed by atoms with Crippen LogP contribution in [0.4, 0.5) is 10.5 Å². The van der Waals surface area contributed by atoms with Gasteiger partial charge < -0.3 is 24.8 Å². The summed E-state index contributed by atoms with van der Waals surface area (Å²) in [6.07, 6.45) is 1.03. The largest absolute Gasteiger partial charge is 0.478 e. The van der Waals surface area contributed by atoms with E-state index in [1.54, 1.807) is 32.9 Å². The number of alkyl carbamates (subject to hydrolysis) is 1. The Bertz CT molecular complexity index is 1020. The number of hydrogen-bond acceptors (Lipinski definition) is 6. The summed E-state index contributed by atoms with van der Waals surface area (Å²) in [6, 6.07) is 5.90. The van der Waals surface area contributed by atoms with Gasteiger partial charge >= 0.3 is 18.0 Å². The summed E-state index contributed by atoms with van der Waals surface area (Å²) in [5.74, 6) is -2.76. The molecule has 2 aromatic rings. The van der Waals surface area contributed by atoms with Crippen molar-refractivity contribution in [1.82, 2.24) is 9.88 Å². The lowest BCUT2D eigenvalue weighted by Gasteiger charge is -2.19. The summed E-state index contributed by atoms with van der Waals surface area (Å²) in [6.45, 7) is 5.40. The quantitative estimate of drug-likeness (QED) is 0.390. The van der Waals surface area contributed by atoms with Crippen LogP contribution in [0.1, 0.15) is 52.7 Å². The maximum absolute atomic E-state index is 11.9. The van der Waals surface area contributed by atoms with Crippen LogP contribution in [0.5, 0.6) is 0 Å². The van der Waals surface area contributed by atoms with E-state index < -0.39 is 28.6 Å². The lowest BCUT2D eigenvalue weighted by molar-refractivity contribution is -0.384. The molecule has 3 N–H and O–H groups in total. The Balaban J connectivity index is 2.22. The third-order valence-corrected chi connectivity index (χ3v) is 4.45. The SMILES string of the molecule is CC(C)(C)OC(=O)NCCc1c(C(=O)O)c(C(=O)O)cn1CCc1ccc([N+](=O)[O-])cc1. The summed E-state index contributed by atoms with van der Waals surface area (Å²) >= 11 is 0. The molecule has 0 aliphatic heterocycles. The van der Waals surface area contributed by atoms with Crippen LogP contribution in [0.15, 0.2) is 30.5 Å². The summed E-state index contributed by atoms with van der Waals surface area (Å²) in [7, 11) is 0. The highest BCUT2D eigenvalue weighted by atomic mass is 16.6. The van der Waals surface area contributed by atoms with Gasteiger partial charge in [0.1, 0.15) is 5.60 Å². The summed E-state index contributed by atoms with van der Waals surface area (Å²) in [5.41, 5.74) is -0.438. The fourth-order valence-electron chi connectivity index (χ4n) is 3.10. The second kappa shape index (κ2) is 9.94. The lowest BCUT2D eigenvalue weighted by Crippen LogP contribution is -2.34. The number of aryl methyl sites for hydroxylation is 2. The maximum atomic E-state index is 11.9. The number of carbonyl (C=O) groups is 3. The highest BCUT2D eigenvalue weighted by Gasteiger charge is 2.25. The number of ether oxygens (including phenoxy) is 1. The summed E-state index contributed by atoms with van der Waals surface area (Å²) < 4.78 is 6.66. The molecule has 0 fully saturated rings. The van der Waals surface area contributed by atoms with Gasteiger partial charge in [0, 0.05) is 43.5 Å². The zero-order valence-corrected chi connectivity index (χ0v) is 18.0. The first-order chi connectivity index (χ1) is 14.9. The highest BCUT2D eigenvalue weighted by Crippen LogP contribution is 2.21. The second-order valence-corrected chi connectivity index (χ2v) is 8.02. The molecule has 0 unspecified atom stereocenters. The van der Waals surface area contributed by atoms with Crippen molar-refractivity contribution in [1.29, 1.82) is 0 Å². The van der Waals surface area contributed by atoms with E-state index in [2.05, 4.69) is 5.32 Å². The third kappa shape index (κ3) is 6.56. The molecule has 11 heteroatoms. The fourth-order valence-corrected chi connectivity index (χ4v) is 3.10. The molecule has 0 saturated heterocycles. The number of nitro benzene ring substituents is 1. The van der Waals surface area contributed by atoms with E-state index in [-0.39, 0.29) is 42.0 Å². The molecule has 0 bridgehead atoms. The number of aromatic nitrogens is 1. The standard InChI is InChI=1S/C21H25N3O8/c1-21(2,3)32-20(29)22-10-8-16-17(19(27)28)15(18(25)26)12-23(16)11-9-13-4-6-14(7-5-13)24(30)31/h4-7,12H,8-11H2,1-3H3,(H,22,29)(H,25,26)(H,27,28). The van der Waals surface area contributed by atoms with Crippen molar-refractivity contribution in [3.8, 4) is 0 Å². The number of hydrogen-bond donors (Lipinski definition) is 3. The van der Waals surface area contributed by atoms with E-state index in [0.717, 1.165) is 5.56 Å². The van der Waals surface area contributed by atoms with Gasteiger partial charge in [-0.2, -0.15) is 0 Å². The van der Waals surface area contributed by atoms with Gasteiger partial charge in [-0.1, -0.05) is 12.1 Å². The molecule has 1 heterocycles.